The van der Waals surface area contributed by atoms with Crippen LogP contribution in [0.1, 0.15) is 81.5 Å². The molecule has 4 aliphatic rings. The molecule has 20 nitrogen and oxygen atoms in total. The molecule has 4 N–H and O–H groups in total. The molecular weight excluding hydrogens is 815 g/mol. The van der Waals surface area contributed by atoms with Gasteiger partial charge in [0.05, 0.1) is 43.9 Å². The molecule has 1 aromatic carbocycles. The highest BCUT2D eigenvalue weighted by molar-refractivity contribution is 6.24. The van der Waals surface area contributed by atoms with Gasteiger partial charge in [0.2, 0.25) is 11.8 Å². The third-order valence-electron chi connectivity index (χ3n) is 11.9. The summed E-state index contributed by atoms with van der Waals surface area (Å²) in [5.74, 6) is -1.83. The number of hydrogen-bond acceptors (Lipinski definition) is 15. The van der Waals surface area contributed by atoms with E-state index in [1.807, 2.05) is 25.4 Å². The van der Waals surface area contributed by atoms with E-state index in [-0.39, 0.29) is 60.9 Å². The number of imidazole rings is 1. The molecule has 1 atom stereocenters. The average Bonchev–Trinajstić information content (AvgIpc) is 3.81. The fourth-order valence-corrected chi connectivity index (χ4v) is 8.34. The smallest absolute Gasteiger partial charge is 0.270 e. The molecule has 3 aliphatic heterocycles. The van der Waals surface area contributed by atoms with Gasteiger partial charge in [-0.15, -0.1) is 0 Å². The van der Waals surface area contributed by atoms with Crippen LogP contribution in [-0.4, -0.2) is 148 Å². The number of likely N-dealkylation sites (tertiary alicyclic amines) is 1. The van der Waals surface area contributed by atoms with Gasteiger partial charge < -0.3 is 39.6 Å². The Kier molecular flexibility index (Phi) is 13.6. The van der Waals surface area contributed by atoms with Crippen LogP contribution in [0.2, 0.25) is 0 Å². The predicted molar refractivity (Wildman–Crippen MR) is 225 cm³/mol. The Labute approximate surface area is 362 Å². The Morgan fingerprint density at radius 2 is 1.70 bits per heavy atom. The Morgan fingerprint density at radius 3 is 2.49 bits per heavy atom. The highest BCUT2D eigenvalue weighted by Gasteiger charge is 2.46. The summed E-state index contributed by atoms with van der Waals surface area (Å²) in [5, 5.41) is 11.5. The zero-order valence-corrected chi connectivity index (χ0v) is 35.0. The molecule has 6 heterocycles. The maximum Gasteiger partial charge on any atom is 0.270 e. The zero-order valence-electron chi connectivity index (χ0n) is 35.0. The first-order valence-corrected chi connectivity index (χ1v) is 21.4. The minimum absolute atomic E-state index is 0.0130. The van der Waals surface area contributed by atoms with E-state index in [1.165, 1.54) is 18.2 Å². The van der Waals surface area contributed by atoms with Crippen molar-refractivity contribution in [3.63, 3.8) is 0 Å². The fourth-order valence-electron chi connectivity index (χ4n) is 8.34. The SMILES string of the molecule is Cc1cccc(C(=O)NC2CC(n3cnc4c(NCC5CCN(CCOCCOCCNC(=O)COc6cccc7c6C(=O)N(C6CCC(=O)NC6=O)C7=O)CC5)ncnc43)C2)n1. The quantitative estimate of drug-likeness (QED) is 0.0770. The number of rotatable bonds is 19. The van der Waals surface area contributed by atoms with E-state index in [4.69, 9.17) is 14.2 Å². The van der Waals surface area contributed by atoms with Crippen LogP contribution in [0.15, 0.2) is 49.1 Å². The Balaban J connectivity index is 0.659. The largest absolute Gasteiger partial charge is 0.483 e. The molecule has 8 rings (SSSR count). The van der Waals surface area contributed by atoms with E-state index in [9.17, 15) is 28.8 Å². The molecule has 4 aromatic rings. The number of imide groups is 2. The molecule has 332 valence electrons. The predicted octanol–water partition coefficient (Wildman–Crippen LogP) is 1.42. The molecule has 1 unspecified atom stereocenters. The average molecular weight is 866 g/mol. The van der Waals surface area contributed by atoms with Gasteiger partial charge in [0.25, 0.3) is 23.6 Å². The second kappa shape index (κ2) is 19.8. The van der Waals surface area contributed by atoms with Crippen molar-refractivity contribution in [3.05, 3.63) is 71.6 Å². The lowest BCUT2D eigenvalue weighted by Crippen LogP contribution is -2.54. The van der Waals surface area contributed by atoms with Crippen LogP contribution in [-0.2, 0) is 23.9 Å². The van der Waals surface area contributed by atoms with Crippen molar-refractivity contribution < 1.29 is 43.0 Å². The number of nitrogens with one attached hydrogen (secondary N) is 4. The molecule has 0 bridgehead atoms. The zero-order chi connectivity index (χ0) is 43.9. The Hall–Kier alpha value is -6.38. The standard InChI is InChI=1S/C43H51N11O9/c1-26-4-2-6-31(49-26)40(57)50-28-20-29(21-28)53-25-48-37-38(46-24-47-39(37)53)45-22-27-10-13-52(14-11-27)15-17-62-19-18-61-16-12-44-35(56)23-63-33-7-3-5-30-36(33)43(60)54(42(30)59)32-8-9-34(55)51-41(32)58/h2-7,24-25,27-29,32H,8-23H2,1H3,(H,44,56)(H,50,57)(H,45,46,47)(H,51,55,58). The van der Waals surface area contributed by atoms with Gasteiger partial charge in [-0.05, 0) is 82.3 Å². The highest BCUT2D eigenvalue weighted by Crippen LogP contribution is 2.36. The number of carbonyl (C=O) groups is 6. The third kappa shape index (κ3) is 10.1. The van der Waals surface area contributed by atoms with Crippen LogP contribution in [0.3, 0.4) is 0 Å². The van der Waals surface area contributed by atoms with Gasteiger partial charge in [0.15, 0.2) is 18.1 Å². The fraction of sp³-hybridized carbons (Fsp3) is 0.488. The van der Waals surface area contributed by atoms with Crippen molar-refractivity contribution in [1.82, 2.24) is 50.3 Å². The molecule has 2 saturated heterocycles. The van der Waals surface area contributed by atoms with E-state index in [0.717, 1.165) is 79.4 Å². The van der Waals surface area contributed by atoms with E-state index < -0.39 is 42.2 Å². The van der Waals surface area contributed by atoms with Gasteiger partial charge in [-0.1, -0.05) is 12.1 Å². The molecule has 3 fully saturated rings. The topological polar surface area (TPSA) is 241 Å². The number of aromatic nitrogens is 5. The monoisotopic (exact) mass is 865 g/mol. The summed E-state index contributed by atoms with van der Waals surface area (Å²) in [5.41, 5.74) is 2.82. The van der Waals surface area contributed by atoms with Crippen LogP contribution in [0.25, 0.3) is 11.2 Å². The highest BCUT2D eigenvalue weighted by atomic mass is 16.5. The molecular formula is C43H51N11O9. The Bertz CT molecular complexity index is 2360. The normalized spacial score (nSPS) is 20.3. The number of hydrogen-bond donors (Lipinski definition) is 4. The first-order chi connectivity index (χ1) is 30.6. The number of carbonyl (C=O) groups excluding carboxylic acids is 6. The summed E-state index contributed by atoms with van der Waals surface area (Å²) in [6.45, 7) is 6.93. The lowest BCUT2D eigenvalue weighted by molar-refractivity contribution is -0.136. The van der Waals surface area contributed by atoms with E-state index in [0.29, 0.717) is 31.4 Å². The number of piperidine rings is 2. The van der Waals surface area contributed by atoms with Crippen molar-refractivity contribution in [1.29, 1.82) is 0 Å². The molecule has 6 amide bonds. The van der Waals surface area contributed by atoms with Crippen LogP contribution in [0.4, 0.5) is 5.82 Å². The maximum atomic E-state index is 13.2. The summed E-state index contributed by atoms with van der Waals surface area (Å²) in [7, 11) is 0. The molecule has 0 radical (unpaired) electrons. The van der Waals surface area contributed by atoms with Crippen molar-refractivity contribution in [3.8, 4) is 5.75 Å². The molecule has 0 spiro atoms. The summed E-state index contributed by atoms with van der Waals surface area (Å²) < 4.78 is 19.1. The molecule has 1 aliphatic carbocycles. The summed E-state index contributed by atoms with van der Waals surface area (Å²) in [6.07, 6.45) is 7.14. The number of pyridine rings is 1. The van der Waals surface area contributed by atoms with Crippen molar-refractivity contribution in [2.75, 3.05) is 71.1 Å². The minimum atomic E-state index is -1.10. The molecule has 3 aromatic heterocycles. The molecule has 63 heavy (non-hydrogen) atoms. The number of ether oxygens (including phenoxy) is 3. The number of amides is 6. The van der Waals surface area contributed by atoms with Crippen LogP contribution >= 0.6 is 0 Å². The maximum absolute atomic E-state index is 13.2. The van der Waals surface area contributed by atoms with E-state index in [2.05, 4.69) is 50.7 Å². The van der Waals surface area contributed by atoms with Gasteiger partial charge in [0.1, 0.15) is 29.3 Å². The van der Waals surface area contributed by atoms with E-state index >= 15 is 0 Å². The number of fused-ring (bicyclic) bond motifs is 2. The van der Waals surface area contributed by atoms with Crippen LogP contribution in [0, 0.1) is 12.8 Å². The number of anilines is 1. The van der Waals surface area contributed by atoms with Gasteiger partial charge in [0, 0.05) is 43.8 Å². The summed E-state index contributed by atoms with van der Waals surface area (Å²) in [6, 6.07) is 9.07. The van der Waals surface area contributed by atoms with Gasteiger partial charge in [-0.2, -0.15) is 0 Å². The second-order valence-electron chi connectivity index (χ2n) is 16.2. The van der Waals surface area contributed by atoms with Gasteiger partial charge in [-0.25, -0.2) is 19.9 Å². The number of nitrogens with zero attached hydrogens (tertiary/aromatic N) is 7. The first kappa shape index (κ1) is 43.3. The lowest BCUT2D eigenvalue weighted by Gasteiger charge is -2.36. The summed E-state index contributed by atoms with van der Waals surface area (Å²) >= 11 is 0. The van der Waals surface area contributed by atoms with Crippen molar-refractivity contribution in [2.45, 2.75) is 63.6 Å². The van der Waals surface area contributed by atoms with E-state index in [1.54, 1.807) is 12.4 Å². The Morgan fingerprint density at radius 1 is 0.905 bits per heavy atom. The second-order valence-corrected chi connectivity index (χ2v) is 16.2. The molecule has 1 saturated carbocycles. The van der Waals surface area contributed by atoms with Crippen molar-refractivity contribution >= 4 is 52.4 Å². The van der Waals surface area contributed by atoms with Crippen LogP contribution < -0.4 is 26.0 Å². The van der Waals surface area contributed by atoms with Gasteiger partial charge in [-0.3, -0.25) is 39.0 Å². The number of benzene rings is 1. The van der Waals surface area contributed by atoms with Gasteiger partial charge >= 0.3 is 0 Å². The minimum Gasteiger partial charge on any atom is -0.483 e. The summed E-state index contributed by atoms with van der Waals surface area (Å²) in [4.78, 5) is 96.5. The third-order valence-corrected chi connectivity index (χ3v) is 11.9. The van der Waals surface area contributed by atoms with Crippen molar-refractivity contribution in [2.24, 2.45) is 5.92 Å². The lowest BCUT2D eigenvalue weighted by atomic mass is 9.86. The number of aryl methyl sites for hydroxylation is 1. The first-order valence-electron chi connectivity index (χ1n) is 21.4. The molecule has 20 heteroatoms. The van der Waals surface area contributed by atoms with Crippen LogP contribution in [0.5, 0.6) is 5.75 Å².